The number of aryl methyl sites for hydroxylation is 1. The number of carbonyl (C=O) groups is 2. The summed E-state index contributed by atoms with van der Waals surface area (Å²) in [6, 6.07) is 8.09. The summed E-state index contributed by atoms with van der Waals surface area (Å²) in [5.74, 6) is -2.24. The van der Waals surface area contributed by atoms with Gasteiger partial charge in [-0.15, -0.1) is 0 Å². The third-order valence-corrected chi connectivity index (χ3v) is 5.64. The van der Waals surface area contributed by atoms with Gasteiger partial charge < -0.3 is 15.2 Å². The number of hydrogen-bond donors (Lipinski definition) is 2. The Hall–Kier alpha value is -3.00. The van der Waals surface area contributed by atoms with E-state index in [1.54, 1.807) is 0 Å². The van der Waals surface area contributed by atoms with Gasteiger partial charge in [-0.25, -0.2) is 13.6 Å². The molecule has 1 saturated heterocycles. The van der Waals surface area contributed by atoms with Gasteiger partial charge in [0, 0.05) is 0 Å². The lowest BCUT2D eigenvalue weighted by molar-refractivity contribution is -0.132. The van der Waals surface area contributed by atoms with E-state index >= 15 is 0 Å². The maximum atomic E-state index is 13.6. The fourth-order valence-electron chi connectivity index (χ4n) is 3.59. The summed E-state index contributed by atoms with van der Waals surface area (Å²) in [5.41, 5.74) is 0.597. The number of β-amino-alcohol motifs (C(OH)–C–C–N with tert-alkyl or cyclic N) is 1. The molecule has 172 valence electrons. The molecule has 8 heteroatoms. The van der Waals surface area contributed by atoms with Gasteiger partial charge in [0.25, 0.3) is 5.91 Å². The highest BCUT2D eigenvalue weighted by molar-refractivity contribution is 6.07. The van der Waals surface area contributed by atoms with E-state index in [0.29, 0.717) is 5.75 Å². The molecule has 32 heavy (non-hydrogen) atoms. The number of aliphatic hydroxyl groups excluding tert-OH is 1. The Morgan fingerprint density at radius 2 is 1.81 bits per heavy atom. The highest BCUT2D eigenvalue weighted by Gasteiger charge is 2.49. The van der Waals surface area contributed by atoms with Gasteiger partial charge in [-0.1, -0.05) is 39.0 Å². The van der Waals surface area contributed by atoms with Crippen LogP contribution in [0.1, 0.15) is 44.4 Å². The van der Waals surface area contributed by atoms with Gasteiger partial charge in [-0.3, -0.25) is 9.69 Å². The average Bonchev–Trinajstić information content (AvgIpc) is 2.92. The Balaban J connectivity index is 1.66. The number of nitrogens with one attached hydrogen (secondary N) is 1. The predicted molar refractivity (Wildman–Crippen MR) is 115 cm³/mol. The third kappa shape index (κ3) is 4.60. The number of halogens is 2. The summed E-state index contributed by atoms with van der Waals surface area (Å²) < 4.78 is 32.6. The van der Waals surface area contributed by atoms with Crippen LogP contribution in [-0.4, -0.2) is 41.2 Å². The standard InChI is InChI=1S/C24H28F2N2O4/c1-14-10-15(23(2,3)4)7-9-20(14)32-13-17(29)12-28-21(30)24(5,27-22(28)31)16-6-8-18(25)19(26)11-16/h6-11,17,29H,12-13H2,1-5H3,(H,27,31). The maximum Gasteiger partial charge on any atom is 0.325 e. The van der Waals surface area contributed by atoms with Crippen molar-refractivity contribution in [2.75, 3.05) is 13.2 Å². The molecule has 2 unspecified atom stereocenters. The minimum atomic E-state index is -1.56. The lowest BCUT2D eigenvalue weighted by Crippen LogP contribution is -2.43. The maximum absolute atomic E-state index is 13.6. The second-order valence-electron chi connectivity index (χ2n) is 9.29. The second kappa shape index (κ2) is 8.50. The van der Waals surface area contributed by atoms with Gasteiger partial charge in [0.05, 0.1) is 6.54 Å². The van der Waals surface area contributed by atoms with E-state index < -0.39 is 35.2 Å². The van der Waals surface area contributed by atoms with E-state index in [4.69, 9.17) is 4.74 Å². The molecule has 1 heterocycles. The first-order valence-electron chi connectivity index (χ1n) is 10.3. The van der Waals surface area contributed by atoms with Crippen LogP contribution in [0.5, 0.6) is 5.75 Å². The summed E-state index contributed by atoms with van der Waals surface area (Å²) in [6.07, 6.45) is -1.14. The van der Waals surface area contributed by atoms with Crippen LogP contribution in [0, 0.1) is 18.6 Å². The molecule has 0 aliphatic carbocycles. The minimum absolute atomic E-state index is 0.00757. The molecule has 3 rings (SSSR count). The first-order chi connectivity index (χ1) is 14.8. The predicted octanol–water partition coefficient (Wildman–Crippen LogP) is 3.78. The van der Waals surface area contributed by atoms with Crippen molar-refractivity contribution in [1.29, 1.82) is 0 Å². The fraction of sp³-hybridized carbons (Fsp3) is 0.417. The Kier molecular flexibility index (Phi) is 6.29. The Labute approximate surface area is 186 Å². The van der Waals surface area contributed by atoms with E-state index in [1.807, 2.05) is 25.1 Å². The molecule has 1 fully saturated rings. The van der Waals surface area contributed by atoms with Gasteiger partial charge in [0.1, 0.15) is 24.0 Å². The van der Waals surface area contributed by atoms with Crippen LogP contribution in [-0.2, 0) is 15.7 Å². The molecular formula is C24H28F2N2O4. The molecule has 0 saturated carbocycles. The summed E-state index contributed by atoms with van der Waals surface area (Å²) in [7, 11) is 0. The van der Waals surface area contributed by atoms with Crippen LogP contribution in [0.15, 0.2) is 36.4 Å². The number of hydrogen-bond acceptors (Lipinski definition) is 4. The number of rotatable bonds is 6. The number of carbonyl (C=O) groups excluding carboxylic acids is 2. The first-order valence-corrected chi connectivity index (χ1v) is 10.3. The normalized spacial score (nSPS) is 19.8. The summed E-state index contributed by atoms with van der Waals surface area (Å²) in [4.78, 5) is 26.2. The fourth-order valence-corrected chi connectivity index (χ4v) is 3.59. The van der Waals surface area contributed by atoms with E-state index in [-0.39, 0.29) is 24.1 Å². The van der Waals surface area contributed by atoms with Crippen LogP contribution in [0.4, 0.5) is 13.6 Å². The second-order valence-corrected chi connectivity index (χ2v) is 9.29. The van der Waals surface area contributed by atoms with Crippen LogP contribution in [0.2, 0.25) is 0 Å². The highest BCUT2D eigenvalue weighted by Crippen LogP contribution is 2.30. The summed E-state index contributed by atoms with van der Waals surface area (Å²) >= 11 is 0. The van der Waals surface area contributed by atoms with Gasteiger partial charge in [0.15, 0.2) is 11.6 Å². The molecule has 1 aliphatic heterocycles. The van der Waals surface area contributed by atoms with Crippen molar-refractivity contribution < 1.29 is 28.2 Å². The Morgan fingerprint density at radius 1 is 1.12 bits per heavy atom. The van der Waals surface area contributed by atoms with Crippen molar-refractivity contribution in [2.45, 2.75) is 51.7 Å². The molecule has 2 N–H and O–H groups in total. The number of urea groups is 1. The molecule has 1 aliphatic rings. The SMILES string of the molecule is Cc1cc(C(C)(C)C)ccc1OCC(O)CN1C(=O)NC(C)(c2ccc(F)c(F)c2)C1=O. The zero-order valence-corrected chi connectivity index (χ0v) is 18.8. The molecule has 6 nitrogen and oxygen atoms in total. The first kappa shape index (κ1) is 23.7. The van der Waals surface area contributed by atoms with Crippen LogP contribution >= 0.6 is 0 Å². The van der Waals surface area contributed by atoms with Crippen molar-refractivity contribution in [3.63, 3.8) is 0 Å². The van der Waals surface area contributed by atoms with E-state index in [9.17, 15) is 23.5 Å². The number of aliphatic hydroxyl groups is 1. The quantitative estimate of drug-likeness (QED) is 0.662. The van der Waals surface area contributed by atoms with Gasteiger partial charge >= 0.3 is 6.03 Å². The van der Waals surface area contributed by atoms with Crippen molar-refractivity contribution in [3.05, 3.63) is 64.7 Å². The minimum Gasteiger partial charge on any atom is -0.491 e. The lowest BCUT2D eigenvalue weighted by atomic mass is 9.86. The Morgan fingerprint density at radius 3 is 2.41 bits per heavy atom. The van der Waals surface area contributed by atoms with E-state index in [1.165, 1.54) is 13.0 Å². The molecule has 0 radical (unpaired) electrons. The molecule has 2 aromatic carbocycles. The topological polar surface area (TPSA) is 78.9 Å². The van der Waals surface area contributed by atoms with Gasteiger partial charge in [-0.2, -0.15) is 0 Å². The van der Waals surface area contributed by atoms with Gasteiger partial charge in [0.2, 0.25) is 0 Å². The van der Waals surface area contributed by atoms with Crippen molar-refractivity contribution in [1.82, 2.24) is 10.2 Å². The number of ether oxygens (including phenoxy) is 1. The van der Waals surface area contributed by atoms with Crippen molar-refractivity contribution in [3.8, 4) is 5.75 Å². The van der Waals surface area contributed by atoms with E-state index in [2.05, 4.69) is 26.1 Å². The highest BCUT2D eigenvalue weighted by atomic mass is 19.2. The lowest BCUT2D eigenvalue weighted by Gasteiger charge is -2.23. The average molecular weight is 446 g/mol. The Bertz CT molecular complexity index is 1050. The van der Waals surface area contributed by atoms with E-state index in [0.717, 1.165) is 28.2 Å². The monoisotopic (exact) mass is 446 g/mol. The molecule has 2 aromatic rings. The molecule has 2 atom stereocenters. The van der Waals surface area contributed by atoms with Gasteiger partial charge in [-0.05, 0) is 54.2 Å². The van der Waals surface area contributed by atoms with Crippen molar-refractivity contribution >= 4 is 11.9 Å². The summed E-state index contributed by atoms with van der Waals surface area (Å²) in [5, 5.41) is 12.9. The zero-order chi connectivity index (χ0) is 23.8. The summed E-state index contributed by atoms with van der Waals surface area (Å²) in [6.45, 7) is 9.21. The molecule has 0 bridgehead atoms. The number of nitrogens with zero attached hydrogens (tertiary/aromatic N) is 1. The van der Waals surface area contributed by atoms with Crippen LogP contribution < -0.4 is 10.1 Å². The smallest absolute Gasteiger partial charge is 0.325 e. The molecule has 0 aromatic heterocycles. The van der Waals surface area contributed by atoms with Crippen molar-refractivity contribution in [2.24, 2.45) is 0 Å². The number of benzene rings is 2. The zero-order valence-electron chi connectivity index (χ0n) is 18.8. The third-order valence-electron chi connectivity index (χ3n) is 5.64. The molecule has 3 amide bonds. The largest absolute Gasteiger partial charge is 0.491 e. The van der Waals surface area contributed by atoms with Crippen LogP contribution in [0.25, 0.3) is 0 Å². The van der Waals surface area contributed by atoms with Crippen LogP contribution in [0.3, 0.4) is 0 Å². The molecular weight excluding hydrogens is 418 g/mol. The number of amides is 3. The number of imide groups is 1. The molecule has 0 spiro atoms.